The minimum atomic E-state index is -1.31. The van der Waals surface area contributed by atoms with Crippen LogP contribution in [0.2, 0.25) is 0 Å². The number of fused-ring (bicyclic) bond motifs is 4. The first-order valence-electron chi connectivity index (χ1n) is 14.0. The van der Waals surface area contributed by atoms with Gasteiger partial charge in [0, 0.05) is 35.2 Å². The fourth-order valence-electron chi connectivity index (χ4n) is 5.95. The maximum Gasteiger partial charge on any atom is 0.290 e. The number of carbonyl (C=O) groups is 2. The van der Waals surface area contributed by atoms with Gasteiger partial charge < -0.3 is 48.6 Å². The Morgan fingerprint density at radius 1 is 1.05 bits per heavy atom. The van der Waals surface area contributed by atoms with Crippen LogP contribution in [0.5, 0.6) is 17.2 Å². The molecule has 12 nitrogen and oxygen atoms in total. The molecule has 2 aliphatic rings. The lowest BCUT2D eigenvalue weighted by molar-refractivity contribution is -0.118. The molecular weight excluding hydrogens is 572 g/mol. The molecule has 0 bridgehead atoms. The third kappa shape index (κ3) is 5.06. The van der Waals surface area contributed by atoms with Gasteiger partial charge in [0.05, 0.1) is 51.9 Å². The van der Waals surface area contributed by atoms with E-state index in [0.717, 1.165) is 0 Å². The molecular formula is C32H32N2O10. The highest BCUT2D eigenvalue weighted by Gasteiger charge is 2.51. The van der Waals surface area contributed by atoms with E-state index in [9.17, 15) is 24.9 Å². The number of carbonyl (C=O) groups excluding carboxylic acids is 2. The van der Waals surface area contributed by atoms with Crippen LogP contribution in [0.1, 0.15) is 33.2 Å². The van der Waals surface area contributed by atoms with Gasteiger partial charge in [0.25, 0.3) is 5.91 Å². The molecule has 4 aromatic rings. The summed E-state index contributed by atoms with van der Waals surface area (Å²) >= 11 is 0. The number of ether oxygens (including phenoxy) is 3. The van der Waals surface area contributed by atoms with E-state index in [1.165, 1.54) is 31.6 Å². The van der Waals surface area contributed by atoms with Gasteiger partial charge in [-0.05, 0) is 42.0 Å². The Morgan fingerprint density at radius 3 is 2.57 bits per heavy atom. The van der Waals surface area contributed by atoms with Crippen LogP contribution in [-0.4, -0.2) is 77.7 Å². The van der Waals surface area contributed by atoms with Crippen molar-refractivity contribution >= 4 is 22.8 Å². The van der Waals surface area contributed by atoms with Crippen LogP contribution in [0.25, 0.3) is 11.0 Å². The first-order chi connectivity index (χ1) is 21.4. The monoisotopic (exact) mass is 604 g/mol. The number of benzene rings is 2. The van der Waals surface area contributed by atoms with E-state index < -0.39 is 36.0 Å². The lowest BCUT2D eigenvalue weighted by atomic mass is 9.77. The van der Waals surface area contributed by atoms with E-state index in [1.54, 1.807) is 48.5 Å². The van der Waals surface area contributed by atoms with Gasteiger partial charge in [-0.25, -0.2) is 0 Å². The van der Waals surface area contributed by atoms with Crippen molar-refractivity contribution in [3.63, 3.8) is 0 Å². The quantitative estimate of drug-likeness (QED) is 0.211. The molecule has 12 heteroatoms. The van der Waals surface area contributed by atoms with Crippen molar-refractivity contribution in [1.29, 1.82) is 0 Å². The van der Waals surface area contributed by atoms with E-state index in [2.05, 4.69) is 5.32 Å². The van der Waals surface area contributed by atoms with Crippen LogP contribution in [0.3, 0.4) is 0 Å². The summed E-state index contributed by atoms with van der Waals surface area (Å²) in [4.78, 5) is 29.2. The molecule has 2 aromatic carbocycles. The predicted octanol–water partition coefficient (Wildman–Crippen LogP) is 2.50. The van der Waals surface area contributed by atoms with E-state index in [0.29, 0.717) is 44.9 Å². The molecule has 1 aliphatic heterocycles. The number of aliphatic hydroxyl groups is 3. The lowest BCUT2D eigenvalue weighted by Gasteiger charge is -2.40. The van der Waals surface area contributed by atoms with Crippen molar-refractivity contribution in [3.05, 3.63) is 89.1 Å². The smallest absolute Gasteiger partial charge is 0.290 e. The zero-order chi connectivity index (χ0) is 31.0. The summed E-state index contributed by atoms with van der Waals surface area (Å²) in [6.07, 6.45) is 2.22. The number of aliphatic hydroxyl groups excluding tert-OH is 3. The fourth-order valence-corrected chi connectivity index (χ4v) is 5.95. The number of methoxy groups -OCH3 is 2. The maximum atomic E-state index is 14.2. The van der Waals surface area contributed by atoms with Crippen LogP contribution in [-0.2, 0) is 17.9 Å². The zero-order valence-corrected chi connectivity index (χ0v) is 24.1. The number of amides is 2. The summed E-state index contributed by atoms with van der Waals surface area (Å²) in [7, 11) is 2.96. The van der Waals surface area contributed by atoms with Crippen LogP contribution >= 0.6 is 0 Å². The summed E-state index contributed by atoms with van der Waals surface area (Å²) in [5.41, 5.74) is 2.36. The normalized spacial score (nSPS) is 20.3. The van der Waals surface area contributed by atoms with Crippen LogP contribution in [0.4, 0.5) is 0 Å². The van der Waals surface area contributed by atoms with Crippen LogP contribution < -0.4 is 19.5 Å². The minimum Gasteiger partial charge on any atom is -0.493 e. The highest BCUT2D eigenvalue weighted by molar-refractivity contribution is 5.99. The second kappa shape index (κ2) is 12.1. The summed E-state index contributed by atoms with van der Waals surface area (Å²) in [6.45, 7) is -0.560. The standard InChI is InChI=1S/C32H32N2O10/c1-40-23-5-3-4-19-12-25(43-28(19)23)32(39)34(14-17-6-9-42-16-17)22-13-21(31(38)33-7-8-35)26-20-10-18(15-36)11-24(41-2)29(20)44-30(26)27(22)37/h3-6,9-13,16,22,26-27,30,35-37H,7-8,14-15H2,1-2H3,(H,33,38)/t22-,26+,27+,30+/m1/s1. The van der Waals surface area contributed by atoms with Gasteiger partial charge in [0.15, 0.2) is 28.6 Å². The Kier molecular flexibility index (Phi) is 8.04. The van der Waals surface area contributed by atoms with Gasteiger partial charge >= 0.3 is 0 Å². The molecule has 3 heterocycles. The van der Waals surface area contributed by atoms with Crippen molar-refractivity contribution in [2.24, 2.45) is 0 Å². The fraction of sp³-hybridized carbons (Fsp3) is 0.312. The molecule has 0 fully saturated rings. The summed E-state index contributed by atoms with van der Waals surface area (Å²) < 4.78 is 28.4. The largest absolute Gasteiger partial charge is 0.493 e. The molecule has 0 radical (unpaired) electrons. The molecule has 44 heavy (non-hydrogen) atoms. The number of hydrogen-bond acceptors (Lipinski definition) is 10. The lowest BCUT2D eigenvalue weighted by Crippen LogP contribution is -2.55. The van der Waals surface area contributed by atoms with Crippen molar-refractivity contribution in [1.82, 2.24) is 10.2 Å². The van der Waals surface area contributed by atoms with Crippen molar-refractivity contribution in [2.45, 2.75) is 37.3 Å². The Bertz CT molecular complexity index is 1710. The van der Waals surface area contributed by atoms with Gasteiger partial charge in [0.2, 0.25) is 5.91 Å². The first-order valence-corrected chi connectivity index (χ1v) is 14.0. The molecule has 4 N–H and O–H groups in total. The van der Waals surface area contributed by atoms with Gasteiger partial charge in [-0.15, -0.1) is 0 Å². The van der Waals surface area contributed by atoms with Crippen molar-refractivity contribution < 1.29 is 48.0 Å². The Labute approximate surface area is 252 Å². The average Bonchev–Trinajstić information content (AvgIpc) is 3.81. The van der Waals surface area contributed by atoms with E-state index >= 15 is 0 Å². The van der Waals surface area contributed by atoms with Gasteiger partial charge in [-0.3, -0.25) is 9.59 Å². The molecule has 0 spiro atoms. The highest BCUT2D eigenvalue weighted by Crippen LogP contribution is 2.51. The van der Waals surface area contributed by atoms with Gasteiger partial charge in [0.1, 0.15) is 12.2 Å². The Balaban J connectivity index is 1.47. The summed E-state index contributed by atoms with van der Waals surface area (Å²) in [6, 6.07) is 10.9. The molecule has 0 saturated heterocycles. The zero-order valence-electron chi connectivity index (χ0n) is 24.1. The third-order valence-electron chi connectivity index (χ3n) is 7.99. The first kappa shape index (κ1) is 29.3. The molecule has 6 rings (SSSR count). The van der Waals surface area contributed by atoms with Crippen LogP contribution in [0, 0.1) is 0 Å². The maximum absolute atomic E-state index is 14.2. The number of furan rings is 2. The molecule has 1 aliphatic carbocycles. The van der Waals surface area contributed by atoms with Crippen molar-refractivity contribution in [3.8, 4) is 17.2 Å². The van der Waals surface area contributed by atoms with Gasteiger partial charge in [-0.2, -0.15) is 0 Å². The minimum absolute atomic E-state index is 0.00637. The molecule has 2 amide bonds. The third-order valence-corrected chi connectivity index (χ3v) is 7.99. The average molecular weight is 605 g/mol. The molecule has 4 atom stereocenters. The second-order valence-corrected chi connectivity index (χ2v) is 10.6. The van der Waals surface area contributed by atoms with E-state index in [1.807, 2.05) is 0 Å². The van der Waals surface area contributed by atoms with Gasteiger partial charge in [-0.1, -0.05) is 12.1 Å². The van der Waals surface area contributed by atoms with E-state index in [4.69, 9.17) is 23.0 Å². The molecule has 0 unspecified atom stereocenters. The highest BCUT2D eigenvalue weighted by atomic mass is 16.5. The number of nitrogens with zero attached hydrogens (tertiary/aromatic N) is 1. The molecule has 230 valence electrons. The number of rotatable bonds is 10. The molecule has 2 aromatic heterocycles. The Hall–Kier alpha value is -4.78. The number of para-hydroxylation sites is 1. The second-order valence-electron chi connectivity index (χ2n) is 10.6. The number of nitrogens with one attached hydrogen (secondary N) is 1. The Morgan fingerprint density at radius 2 is 1.86 bits per heavy atom. The van der Waals surface area contributed by atoms with E-state index in [-0.39, 0.29) is 37.6 Å². The number of hydrogen-bond donors (Lipinski definition) is 4. The summed E-state index contributed by atoms with van der Waals surface area (Å²) in [5, 5.41) is 34.5. The predicted molar refractivity (Wildman–Crippen MR) is 155 cm³/mol. The summed E-state index contributed by atoms with van der Waals surface area (Å²) in [5.74, 6) is -0.670. The SMILES string of the molecule is COc1cc(CO)cc2c1O[C@@H]1[C@@H](O)[C@H](N(Cc3ccoc3)C(=O)c3cc4cccc(OC)c4o3)C=C(C(=O)NCCO)[C@H]21. The van der Waals surface area contributed by atoms with Crippen molar-refractivity contribution in [2.75, 3.05) is 27.4 Å². The van der Waals surface area contributed by atoms with Crippen LogP contribution in [0.15, 0.2) is 75.5 Å². The molecule has 0 saturated carbocycles. The topological polar surface area (TPSA) is 164 Å².